The Morgan fingerprint density at radius 2 is 1.24 bits per heavy atom. The summed E-state index contributed by atoms with van der Waals surface area (Å²) in [5.74, 6) is -0.409. The fraction of sp³-hybridized carbons (Fsp3) is 0.214. The van der Waals surface area contributed by atoms with Crippen LogP contribution in [0.2, 0.25) is 0 Å². The number of likely N-dealkylation sites (N-methyl/N-ethyl adjacent to an activating group) is 1. The van der Waals surface area contributed by atoms with Crippen LogP contribution in [0, 0.1) is 20.2 Å². The number of benzene rings is 4. The fourth-order valence-corrected chi connectivity index (χ4v) is 5.76. The third-order valence-corrected chi connectivity index (χ3v) is 9.08. The van der Waals surface area contributed by atoms with E-state index >= 15 is 0 Å². The molecular weight excluding hydrogens is 781 g/mol. The molecular formula is C42H46N6O10S. The van der Waals surface area contributed by atoms with Gasteiger partial charge in [0.25, 0.3) is 11.4 Å². The summed E-state index contributed by atoms with van der Waals surface area (Å²) in [5, 5.41) is 28.9. The third-order valence-electron chi connectivity index (χ3n) is 8.67. The monoisotopic (exact) mass is 826 g/mol. The first kappa shape index (κ1) is 46.7. The molecule has 17 heteroatoms. The van der Waals surface area contributed by atoms with Crippen molar-refractivity contribution >= 4 is 61.7 Å². The molecule has 0 saturated heterocycles. The molecule has 0 aliphatic carbocycles. The number of hydrogen-bond acceptors (Lipinski definition) is 13. The van der Waals surface area contributed by atoms with Gasteiger partial charge in [0.1, 0.15) is 18.4 Å². The molecule has 5 aromatic rings. The Hall–Kier alpha value is -6.66. The summed E-state index contributed by atoms with van der Waals surface area (Å²) in [7, 11) is 0.438. The van der Waals surface area contributed by atoms with E-state index in [2.05, 4.69) is 32.8 Å². The summed E-state index contributed by atoms with van der Waals surface area (Å²) in [5.41, 5.74) is 7.00. The van der Waals surface area contributed by atoms with E-state index in [9.17, 15) is 42.8 Å². The van der Waals surface area contributed by atoms with Crippen LogP contribution in [0.5, 0.6) is 0 Å². The first-order valence-corrected chi connectivity index (χ1v) is 19.0. The molecule has 0 radical (unpaired) electrons. The zero-order valence-electron chi connectivity index (χ0n) is 32.4. The van der Waals surface area contributed by atoms with Crippen molar-refractivity contribution in [3.63, 3.8) is 0 Å². The van der Waals surface area contributed by atoms with Gasteiger partial charge >= 0.3 is 0 Å². The van der Waals surface area contributed by atoms with Gasteiger partial charge in [0.15, 0.2) is 24.0 Å². The van der Waals surface area contributed by atoms with Crippen LogP contribution in [0.3, 0.4) is 0 Å². The molecule has 4 aromatic carbocycles. The van der Waals surface area contributed by atoms with Gasteiger partial charge in [-0.15, -0.1) is 0 Å². The highest BCUT2D eigenvalue weighted by Gasteiger charge is 2.18. The van der Waals surface area contributed by atoms with Crippen molar-refractivity contribution in [3.8, 4) is 11.1 Å². The number of aryl methyl sites for hydroxylation is 1. The van der Waals surface area contributed by atoms with E-state index in [1.54, 1.807) is 24.3 Å². The van der Waals surface area contributed by atoms with E-state index in [0.29, 0.717) is 22.5 Å². The Kier molecular flexibility index (Phi) is 16.8. The summed E-state index contributed by atoms with van der Waals surface area (Å²) >= 11 is 0. The smallest absolute Gasteiger partial charge is 0.293 e. The van der Waals surface area contributed by atoms with Gasteiger partial charge < -0.3 is 20.1 Å². The van der Waals surface area contributed by atoms with Crippen LogP contribution in [-0.2, 0) is 21.6 Å². The van der Waals surface area contributed by atoms with E-state index in [4.69, 9.17) is 0 Å². The van der Waals surface area contributed by atoms with E-state index < -0.39 is 20.2 Å². The standard InChI is InChI=1S/C20H21N3O3.C20H17N3O3.CH4O4S.CH4/c2*1-14(24)15-8-9-19(20(12-15)23(25)26)21-18-7-3-5-16(11-18)17-6-4-10-22(2)13-17;1-5-6(2,3)4;/h3,5-9,11-12,21H,4,10,13H2,1-2H3;3-13H,1-2H3;1H3,(H,2,3,4);1H4. The maximum Gasteiger partial charge on any atom is 0.293 e. The molecule has 0 atom stereocenters. The minimum Gasteiger partial charge on any atom is -0.726 e. The number of nitro groups is 2. The van der Waals surface area contributed by atoms with Crippen molar-refractivity contribution in [1.29, 1.82) is 0 Å². The highest BCUT2D eigenvalue weighted by Crippen LogP contribution is 2.32. The molecule has 310 valence electrons. The normalized spacial score (nSPS) is 12.2. The predicted octanol–water partition coefficient (Wildman–Crippen LogP) is 8.02. The highest BCUT2D eigenvalue weighted by atomic mass is 32.3. The SMILES string of the molecule is C.CC(=O)c1ccc(Nc2cccc(-c3ccc[n+](C)c3)c2)c([N+](=O)[O-])c1.CC(=O)c1ccc(Nc2cccc(C3=CCCN(C)C3)c2)c([N+](=O)[O-])c1.COS(=O)(=O)[O-]. The maximum absolute atomic E-state index is 11.5. The van der Waals surface area contributed by atoms with E-state index in [1.807, 2.05) is 84.7 Å². The summed E-state index contributed by atoms with van der Waals surface area (Å²) in [6.45, 7) is 4.72. The van der Waals surface area contributed by atoms with Crippen molar-refractivity contribution in [1.82, 2.24) is 4.90 Å². The number of rotatable bonds is 11. The molecule has 16 nitrogen and oxygen atoms in total. The van der Waals surface area contributed by atoms with Crippen LogP contribution < -0.4 is 15.2 Å². The maximum atomic E-state index is 11.5. The first-order chi connectivity index (χ1) is 27.4. The van der Waals surface area contributed by atoms with E-state index in [0.717, 1.165) is 54.7 Å². The van der Waals surface area contributed by atoms with Crippen LogP contribution in [-0.4, -0.2) is 66.5 Å². The molecule has 1 aliphatic heterocycles. The number of ketones is 2. The molecule has 0 fully saturated rings. The minimum atomic E-state index is -4.41. The lowest BCUT2D eigenvalue weighted by molar-refractivity contribution is -0.671. The van der Waals surface area contributed by atoms with E-state index in [-0.39, 0.29) is 30.4 Å². The number of anilines is 4. The summed E-state index contributed by atoms with van der Waals surface area (Å²) < 4.78 is 33.0. The Morgan fingerprint density at radius 1 is 0.763 bits per heavy atom. The Morgan fingerprint density at radius 3 is 1.68 bits per heavy atom. The summed E-state index contributed by atoms with van der Waals surface area (Å²) in [6, 6.07) is 28.4. The van der Waals surface area contributed by atoms with Crippen LogP contribution in [0.4, 0.5) is 34.1 Å². The third kappa shape index (κ3) is 14.0. The van der Waals surface area contributed by atoms with Crippen molar-refractivity contribution in [2.75, 3.05) is 37.9 Å². The lowest BCUT2D eigenvalue weighted by atomic mass is 10.0. The average molecular weight is 827 g/mol. The molecule has 2 N–H and O–H groups in total. The molecule has 1 aromatic heterocycles. The summed E-state index contributed by atoms with van der Waals surface area (Å²) in [6.07, 6.45) is 7.21. The zero-order chi connectivity index (χ0) is 42.6. The van der Waals surface area contributed by atoms with Crippen LogP contribution in [0.1, 0.15) is 54.0 Å². The highest BCUT2D eigenvalue weighted by molar-refractivity contribution is 7.80. The Labute approximate surface area is 343 Å². The zero-order valence-corrected chi connectivity index (χ0v) is 33.2. The lowest BCUT2D eigenvalue weighted by Gasteiger charge is -2.23. The van der Waals surface area contributed by atoms with Gasteiger partial charge in [0, 0.05) is 59.4 Å². The van der Waals surface area contributed by atoms with Gasteiger partial charge in [-0.3, -0.25) is 34.0 Å². The fourth-order valence-electron chi connectivity index (χ4n) is 5.76. The Bertz CT molecular complexity index is 2470. The van der Waals surface area contributed by atoms with Gasteiger partial charge in [-0.25, -0.2) is 13.0 Å². The molecule has 0 spiro atoms. The van der Waals surface area contributed by atoms with Crippen LogP contribution >= 0.6 is 0 Å². The molecule has 0 bridgehead atoms. The number of nitrogens with zero attached hydrogens (tertiary/aromatic N) is 4. The quantitative estimate of drug-likeness (QED) is 0.0322. The van der Waals surface area contributed by atoms with Crippen molar-refractivity contribution in [2.45, 2.75) is 27.7 Å². The molecule has 0 unspecified atom stereocenters. The van der Waals surface area contributed by atoms with Gasteiger partial charge in [-0.2, -0.15) is 0 Å². The number of aromatic nitrogens is 1. The number of nitrogens with one attached hydrogen (secondary N) is 2. The van der Waals surface area contributed by atoms with Gasteiger partial charge in [0.05, 0.1) is 17.0 Å². The number of carbonyl (C=O) groups is 2. The number of carbonyl (C=O) groups excluding carboxylic acids is 2. The summed E-state index contributed by atoms with van der Waals surface area (Å²) in [4.78, 5) is 47.0. The topological polar surface area (TPSA) is 218 Å². The predicted molar refractivity (Wildman–Crippen MR) is 226 cm³/mol. The second kappa shape index (κ2) is 21.2. The second-order valence-corrected chi connectivity index (χ2v) is 14.2. The van der Waals surface area contributed by atoms with Crippen LogP contribution in [0.15, 0.2) is 116 Å². The second-order valence-electron chi connectivity index (χ2n) is 13.1. The van der Waals surface area contributed by atoms with Crippen molar-refractivity contribution in [3.05, 3.63) is 152 Å². The average Bonchev–Trinajstić information content (AvgIpc) is 3.18. The van der Waals surface area contributed by atoms with Crippen LogP contribution in [0.25, 0.3) is 16.7 Å². The molecule has 2 heterocycles. The van der Waals surface area contributed by atoms with Crippen molar-refractivity contribution < 1.29 is 41.2 Å². The van der Waals surface area contributed by atoms with Gasteiger partial charge in [0.2, 0.25) is 10.4 Å². The van der Waals surface area contributed by atoms with Gasteiger partial charge in [-0.05, 0) is 98.6 Å². The molecule has 59 heavy (non-hydrogen) atoms. The Balaban J connectivity index is 0.000000273. The van der Waals surface area contributed by atoms with Crippen molar-refractivity contribution in [2.24, 2.45) is 7.05 Å². The number of nitro benzene ring substituents is 2. The lowest BCUT2D eigenvalue weighted by Crippen LogP contribution is -2.26. The number of pyridine rings is 1. The molecule has 6 rings (SSSR count). The van der Waals surface area contributed by atoms with Gasteiger partial charge in [-0.1, -0.05) is 37.8 Å². The number of Topliss-reactive ketones (excluding diaryl/α,β-unsaturated/α-hetero) is 2. The molecule has 0 amide bonds. The largest absolute Gasteiger partial charge is 0.726 e. The first-order valence-electron chi connectivity index (χ1n) is 17.6. The molecule has 0 saturated carbocycles. The molecule has 1 aliphatic rings. The van der Waals surface area contributed by atoms with E-state index in [1.165, 1.54) is 31.6 Å². The minimum absolute atomic E-state index is 0. The number of hydrogen-bond donors (Lipinski definition) is 2.